The first-order valence-corrected chi connectivity index (χ1v) is 5.08. The Labute approximate surface area is 99.3 Å². The number of carbonyl (C=O) groups is 2. The number of hydrogen-bond donors (Lipinski definition) is 2. The fourth-order valence-electron chi connectivity index (χ4n) is 1.12. The molecule has 6 heteroatoms. The third kappa shape index (κ3) is 4.18. The SMILES string of the molecule is COC(=O)c1cc(NC(=O)OC(C)(C)C)c[nH]1. The van der Waals surface area contributed by atoms with E-state index in [4.69, 9.17) is 4.74 Å². The fraction of sp³-hybridized carbons (Fsp3) is 0.455. The summed E-state index contributed by atoms with van der Waals surface area (Å²) in [6.07, 6.45) is 0.906. The summed E-state index contributed by atoms with van der Waals surface area (Å²) in [6.45, 7) is 5.30. The van der Waals surface area contributed by atoms with Crippen molar-refractivity contribution >= 4 is 17.7 Å². The van der Waals surface area contributed by atoms with Gasteiger partial charge in [0.15, 0.2) is 0 Å². The lowest BCUT2D eigenvalue weighted by atomic mass is 10.2. The highest BCUT2D eigenvalue weighted by Gasteiger charge is 2.17. The molecule has 0 bridgehead atoms. The highest BCUT2D eigenvalue weighted by atomic mass is 16.6. The van der Waals surface area contributed by atoms with Gasteiger partial charge in [0.05, 0.1) is 12.8 Å². The molecule has 0 aromatic carbocycles. The molecule has 0 aliphatic carbocycles. The minimum absolute atomic E-state index is 0.263. The molecule has 2 N–H and O–H groups in total. The normalized spacial score (nSPS) is 10.8. The van der Waals surface area contributed by atoms with Gasteiger partial charge < -0.3 is 14.5 Å². The van der Waals surface area contributed by atoms with Crippen molar-refractivity contribution in [3.8, 4) is 0 Å². The van der Waals surface area contributed by atoms with Crippen molar-refractivity contribution in [1.82, 2.24) is 4.98 Å². The predicted molar refractivity (Wildman–Crippen MR) is 62.0 cm³/mol. The molecule has 1 aromatic heterocycles. The Kier molecular flexibility index (Phi) is 3.77. The molecule has 1 rings (SSSR count). The molecule has 0 atom stereocenters. The number of esters is 1. The maximum Gasteiger partial charge on any atom is 0.412 e. The van der Waals surface area contributed by atoms with Crippen LogP contribution in [0.2, 0.25) is 0 Å². The topological polar surface area (TPSA) is 80.4 Å². The maximum atomic E-state index is 11.4. The number of carbonyl (C=O) groups excluding carboxylic acids is 2. The second-order valence-corrected chi connectivity index (χ2v) is 4.42. The number of rotatable bonds is 2. The van der Waals surface area contributed by atoms with E-state index in [0.29, 0.717) is 5.69 Å². The molecule has 1 heterocycles. The highest BCUT2D eigenvalue weighted by molar-refractivity contribution is 5.91. The highest BCUT2D eigenvalue weighted by Crippen LogP contribution is 2.13. The number of amides is 1. The van der Waals surface area contributed by atoms with E-state index in [2.05, 4.69) is 15.0 Å². The van der Waals surface area contributed by atoms with Gasteiger partial charge >= 0.3 is 12.1 Å². The predicted octanol–water partition coefficient (Wildman–Crippen LogP) is 2.15. The quantitative estimate of drug-likeness (QED) is 0.776. The van der Waals surface area contributed by atoms with Crippen LogP contribution in [0.3, 0.4) is 0 Å². The van der Waals surface area contributed by atoms with Crippen LogP contribution in [0, 0.1) is 0 Å². The summed E-state index contributed by atoms with van der Waals surface area (Å²) < 4.78 is 9.58. The van der Waals surface area contributed by atoms with Crippen molar-refractivity contribution in [1.29, 1.82) is 0 Å². The van der Waals surface area contributed by atoms with E-state index in [9.17, 15) is 9.59 Å². The summed E-state index contributed by atoms with van der Waals surface area (Å²) >= 11 is 0. The monoisotopic (exact) mass is 240 g/mol. The lowest BCUT2D eigenvalue weighted by Crippen LogP contribution is -2.27. The summed E-state index contributed by atoms with van der Waals surface area (Å²) in [5, 5.41) is 2.50. The molecule has 0 saturated heterocycles. The maximum absolute atomic E-state index is 11.4. The molecular weight excluding hydrogens is 224 g/mol. The second-order valence-electron chi connectivity index (χ2n) is 4.42. The molecule has 94 valence electrons. The molecule has 0 saturated carbocycles. The lowest BCUT2D eigenvalue weighted by molar-refractivity contribution is 0.0591. The second kappa shape index (κ2) is 4.90. The van der Waals surface area contributed by atoms with Crippen molar-refractivity contribution in [2.45, 2.75) is 26.4 Å². The van der Waals surface area contributed by atoms with Crippen molar-refractivity contribution in [3.63, 3.8) is 0 Å². The molecule has 0 aliphatic heterocycles. The van der Waals surface area contributed by atoms with Crippen LogP contribution in [-0.2, 0) is 9.47 Å². The molecule has 17 heavy (non-hydrogen) atoms. The number of H-pyrrole nitrogens is 1. The van der Waals surface area contributed by atoms with Gasteiger partial charge in [-0.25, -0.2) is 9.59 Å². The first-order chi connectivity index (χ1) is 7.81. The van der Waals surface area contributed by atoms with E-state index < -0.39 is 17.7 Å². The van der Waals surface area contributed by atoms with Crippen LogP contribution in [0.1, 0.15) is 31.3 Å². The van der Waals surface area contributed by atoms with E-state index in [-0.39, 0.29) is 5.69 Å². The first kappa shape index (κ1) is 13.1. The Morgan fingerprint density at radius 3 is 2.53 bits per heavy atom. The van der Waals surface area contributed by atoms with Crippen molar-refractivity contribution in [2.24, 2.45) is 0 Å². The van der Waals surface area contributed by atoms with E-state index in [1.54, 1.807) is 20.8 Å². The molecule has 1 aromatic rings. The van der Waals surface area contributed by atoms with Gasteiger partial charge in [0.25, 0.3) is 0 Å². The smallest absolute Gasteiger partial charge is 0.412 e. The van der Waals surface area contributed by atoms with Gasteiger partial charge in [0.1, 0.15) is 11.3 Å². The van der Waals surface area contributed by atoms with Crippen molar-refractivity contribution in [3.05, 3.63) is 18.0 Å². The largest absolute Gasteiger partial charge is 0.464 e. The van der Waals surface area contributed by atoms with Gasteiger partial charge in [-0.15, -0.1) is 0 Å². The minimum atomic E-state index is -0.576. The van der Waals surface area contributed by atoms with E-state index in [0.717, 1.165) is 0 Å². The van der Waals surface area contributed by atoms with Gasteiger partial charge in [-0.2, -0.15) is 0 Å². The Balaban J connectivity index is 2.61. The number of anilines is 1. The van der Waals surface area contributed by atoms with Crippen LogP contribution < -0.4 is 5.32 Å². The van der Waals surface area contributed by atoms with Crippen LogP contribution in [0.15, 0.2) is 12.3 Å². The third-order valence-electron chi connectivity index (χ3n) is 1.73. The minimum Gasteiger partial charge on any atom is -0.464 e. The number of methoxy groups -OCH3 is 1. The molecular formula is C11H16N2O4. The lowest BCUT2D eigenvalue weighted by Gasteiger charge is -2.19. The molecule has 0 aliphatic rings. The fourth-order valence-corrected chi connectivity index (χ4v) is 1.12. The summed E-state index contributed by atoms with van der Waals surface area (Å²) in [6, 6.07) is 1.47. The van der Waals surface area contributed by atoms with Crippen molar-refractivity contribution < 1.29 is 19.1 Å². The first-order valence-electron chi connectivity index (χ1n) is 5.08. The van der Waals surface area contributed by atoms with Crippen LogP contribution >= 0.6 is 0 Å². The number of aromatic amines is 1. The van der Waals surface area contributed by atoms with Gasteiger partial charge in [-0.1, -0.05) is 0 Å². The number of nitrogens with one attached hydrogen (secondary N) is 2. The summed E-state index contributed by atoms with van der Waals surface area (Å²) in [5.74, 6) is -0.498. The molecule has 6 nitrogen and oxygen atoms in total. The van der Waals surface area contributed by atoms with Gasteiger partial charge in [-0.05, 0) is 26.8 Å². The molecule has 1 amide bonds. The summed E-state index contributed by atoms with van der Waals surface area (Å²) in [4.78, 5) is 25.2. The van der Waals surface area contributed by atoms with Crippen LogP contribution in [-0.4, -0.2) is 29.8 Å². The van der Waals surface area contributed by atoms with Gasteiger partial charge in [-0.3, -0.25) is 5.32 Å². The molecule has 0 unspecified atom stereocenters. The number of hydrogen-bond acceptors (Lipinski definition) is 4. The molecule has 0 spiro atoms. The Bertz CT molecular complexity index is 417. The zero-order valence-electron chi connectivity index (χ0n) is 10.3. The zero-order valence-corrected chi connectivity index (χ0v) is 10.3. The molecule has 0 radical (unpaired) electrons. The average molecular weight is 240 g/mol. The Hall–Kier alpha value is -1.98. The van der Waals surface area contributed by atoms with E-state index in [1.165, 1.54) is 19.4 Å². The Morgan fingerprint density at radius 1 is 1.35 bits per heavy atom. The zero-order chi connectivity index (χ0) is 13.1. The van der Waals surface area contributed by atoms with Gasteiger partial charge in [0, 0.05) is 6.20 Å². The third-order valence-corrected chi connectivity index (χ3v) is 1.73. The van der Waals surface area contributed by atoms with E-state index >= 15 is 0 Å². The summed E-state index contributed by atoms with van der Waals surface area (Å²) in [7, 11) is 1.28. The standard InChI is InChI=1S/C11H16N2O4/c1-11(2,3)17-10(15)13-7-5-8(12-6-7)9(14)16-4/h5-6,12H,1-4H3,(H,13,15). The van der Waals surface area contributed by atoms with Crippen LogP contribution in [0.4, 0.5) is 10.5 Å². The summed E-state index contributed by atoms with van der Waals surface area (Å²) in [5.41, 5.74) is 0.143. The number of ether oxygens (including phenoxy) is 2. The number of aromatic nitrogens is 1. The van der Waals surface area contributed by atoms with E-state index in [1.807, 2.05) is 0 Å². The van der Waals surface area contributed by atoms with Crippen LogP contribution in [0.5, 0.6) is 0 Å². The van der Waals surface area contributed by atoms with Crippen molar-refractivity contribution in [2.75, 3.05) is 12.4 Å². The molecule has 0 fully saturated rings. The Morgan fingerprint density at radius 2 is 2.00 bits per heavy atom. The van der Waals surface area contributed by atoms with Gasteiger partial charge in [0.2, 0.25) is 0 Å². The van der Waals surface area contributed by atoms with Crippen LogP contribution in [0.25, 0.3) is 0 Å². The average Bonchev–Trinajstić information content (AvgIpc) is 2.62.